The number of carboxylic acids is 1. The SMILES string of the molecule is CCCCc1nc2c(N)nc3ccccc3c2n1CCCCN=C(CCCOCCC(=O)O)Nc1cccc(CNC(=O)CCOCCOC)c1.CCCCc1nc2c(N)nc3ccccc3c2n1CCCCN=C(CCCOCCC(=O)OC(C)(C)C)Nc1cccc(CNC(=O)CCOCCOC)c1. The van der Waals surface area contributed by atoms with E-state index < -0.39 is 11.6 Å². The molecule has 0 unspecified atom stereocenters. The number of para-hydroxylation sites is 2. The zero-order valence-corrected chi connectivity index (χ0v) is 63.4. The van der Waals surface area contributed by atoms with Gasteiger partial charge in [0.1, 0.15) is 40.0 Å². The fourth-order valence-electron chi connectivity index (χ4n) is 11.7. The van der Waals surface area contributed by atoms with Crippen molar-refractivity contribution in [2.24, 2.45) is 9.98 Å². The van der Waals surface area contributed by atoms with Crippen molar-refractivity contribution in [2.75, 3.05) is 115 Å². The molecule has 0 aliphatic heterocycles. The van der Waals surface area contributed by atoms with E-state index in [1.807, 2.05) is 106 Å². The molecule has 0 atom stereocenters. The number of anilines is 4. The van der Waals surface area contributed by atoms with E-state index >= 15 is 0 Å². The number of pyridine rings is 2. The van der Waals surface area contributed by atoms with Gasteiger partial charge in [-0.05, 0) is 120 Å². The Kier molecular flexibility index (Phi) is 37.0. The Bertz CT molecular complexity index is 4070. The molecule has 0 aliphatic carbocycles. The first kappa shape index (κ1) is 84.1. The molecule has 0 fully saturated rings. The second-order valence-corrected chi connectivity index (χ2v) is 26.9. The number of nitrogen functional groups attached to an aromatic ring is 2. The number of aliphatic imine (C=N–C) groups is 2. The number of aromatic nitrogens is 6. The first-order chi connectivity index (χ1) is 51.5. The minimum atomic E-state index is -0.875. The van der Waals surface area contributed by atoms with Gasteiger partial charge in [0.15, 0.2) is 11.6 Å². The molecule has 576 valence electrons. The molecule has 0 aliphatic rings. The highest BCUT2D eigenvalue weighted by Crippen LogP contribution is 2.32. The Hall–Kier alpha value is -9.18. The lowest BCUT2D eigenvalue weighted by Gasteiger charge is -2.19. The summed E-state index contributed by atoms with van der Waals surface area (Å²) in [6.07, 6.45) is 13.1. The van der Waals surface area contributed by atoms with Crippen molar-refractivity contribution in [1.29, 1.82) is 0 Å². The zero-order chi connectivity index (χ0) is 75.7. The maximum absolute atomic E-state index is 12.3. The molecule has 4 heterocycles. The Labute approximate surface area is 623 Å². The molecule has 0 saturated carbocycles. The van der Waals surface area contributed by atoms with Gasteiger partial charge in [-0.2, -0.15) is 0 Å². The molecule has 2 amide bonds. The van der Waals surface area contributed by atoms with E-state index in [1.165, 1.54) is 0 Å². The van der Waals surface area contributed by atoms with Crippen LogP contribution in [0.2, 0.25) is 0 Å². The van der Waals surface area contributed by atoms with Crippen LogP contribution in [-0.2, 0) is 91.4 Å². The van der Waals surface area contributed by atoms with Crippen LogP contribution in [0.3, 0.4) is 0 Å². The number of rotatable bonds is 48. The molecule has 4 aromatic heterocycles. The summed E-state index contributed by atoms with van der Waals surface area (Å²) in [5, 5.41) is 23.9. The maximum atomic E-state index is 12.3. The molecule has 9 N–H and O–H groups in total. The number of esters is 1. The average molecular weight is 1460 g/mol. The van der Waals surface area contributed by atoms with Crippen molar-refractivity contribution in [2.45, 2.75) is 182 Å². The molecule has 106 heavy (non-hydrogen) atoms. The fraction of sp³-hybridized carbons (Fsp3) is 0.525. The second kappa shape index (κ2) is 46.7. The van der Waals surface area contributed by atoms with Crippen molar-refractivity contribution in [1.82, 2.24) is 39.7 Å². The molecule has 8 rings (SSSR count). The molecule has 0 bridgehead atoms. The highest BCUT2D eigenvalue weighted by atomic mass is 16.6. The number of nitrogens with two attached hydrogens (primary N) is 2. The van der Waals surface area contributed by atoms with Crippen molar-refractivity contribution in [3.8, 4) is 0 Å². The maximum Gasteiger partial charge on any atom is 0.308 e. The average Bonchev–Trinajstić information content (AvgIpc) is 1.60. The number of unbranched alkanes of at least 4 members (excludes halogenated alkanes) is 4. The highest BCUT2D eigenvalue weighted by molar-refractivity contribution is 6.07. The minimum absolute atomic E-state index is 0.0192. The van der Waals surface area contributed by atoms with Crippen molar-refractivity contribution in [3.63, 3.8) is 0 Å². The van der Waals surface area contributed by atoms with Crippen LogP contribution in [0.15, 0.2) is 107 Å². The first-order valence-electron chi connectivity index (χ1n) is 37.6. The molecule has 26 heteroatoms. The highest BCUT2D eigenvalue weighted by Gasteiger charge is 2.21. The van der Waals surface area contributed by atoms with Gasteiger partial charge in [0, 0.05) is 127 Å². The smallest absolute Gasteiger partial charge is 0.308 e. The molecule has 0 radical (unpaired) electrons. The summed E-state index contributed by atoms with van der Waals surface area (Å²) in [6.45, 7) is 17.7. The Morgan fingerprint density at radius 3 is 1.36 bits per heavy atom. The van der Waals surface area contributed by atoms with Crippen LogP contribution in [0.4, 0.5) is 23.0 Å². The number of methoxy groups -OCH3 is 2. The monoisotopic (exact) mass is 1460 g/mol. The quantitative estimate of drug-likeness (QED) is 0.00806. The lowest BCUT2D eigenvalue weighted by molar-refractivity contribution is -0.156. The molecule has 8 aromatic rings. The van der Waals surface area contributed by atoms with Crippen molar-refractivity contribution < 1.29 is 57.4 Å². The van der Waals surface area contributed by atoms with Gasteiger partial charge in [0.2, 0.25) is 11.8 Å². The lowest BCUT2D eigenvalue weighted by atomic mass is 10.1. The Balaban J connectivity index is 0.000000297. The number of carbonyl (C=O) groups excluding carboxylic acids is 3. The molecular weight excluding hydrogens is 1350 g/mol. The molecule has 4 aromatic carbocycles. The van der Waals surface area contributed by atoms with Crippen LogP contribution in [0, 0.1) is 0 Å². The Morgan fingerprint density at radius 2 is 0.925 bits per heavy atom. The van der Waals surface area contributed by atoms with E-state index in [-0.39, 0.29) is 50.1 Å². The van der Waals surface area contributed by atoms with E-state index in [4.69, 9.17) is 69.7 Å². The van der Waals surface area contributed by atoms with Crippen LogP contribution in [0.1, 0.15) is 160 Å². The number of aliphatic carboxylic acids is 1. The Morgan fingerprint density at radius 1 is 0.491 bits per heavy atom. The van der Waals surface area contributed by atoms with E-state index in [1.54, 1.807) is 14.2 Å². The number of carboxylic acid groups (broad SMARTS) is 1. The molecule has 0 saturated heterocycles. The number of benzene rings is 4. The third-order valence-corrected chi connectivity index (χ3v) is 17.0. The van der Waals surface area contributed by atoms with Gasteiger partial charge < -0.3 is 80.1 Å². The summed E-state index contributed by atoms with van der Waals surface area (Å²) >= 11 is 0. The summed E-state index contributed by atoms with van der Waals surface area (Å²) in [7, 11) is 3.23. The van der Waals surface area contributed by atoms with E-state index in [0.717, 1.165) is 173 Å². The number of nitrogens with one attached hydrogen (secondary N) is 4. The normalized spacial score (nSPS) is 11.9. The van der Waals surface area contributed by atoms with E-state index in [9.17, 15) is 19.2 Å². The third-order valence-electron chi connectivity index (χ3n) is 17.0. The van der Waals surface area contributed by atoms with Gasteiger partial charge in [-0.1, -0.05) is 87.4 Å². The number of aryl methyl sites for hydroxylation is 4. The summed E-state index contributed by atoms with van der Waals surface area (Å²) in [5.41, 5.74) is 21.4. The number of carbonyl (C=O) groups is 4. The number of hydrogen-bond donors (Lipinski definition) is 7. The van der Waals surface area contributed by atoms with Crippen LogP contribution >= 0.6 is 0 Å². The standard InChI is InChI=1S/C42H61N7O6.C38H53N7O6/c1-6-7-19-36-48-39-40(33-16-8-9-17-34(33)47-41(39)43)49(36)23-11-10-22-44-35(18-13-24-53-26-21-38(51)55-42(2,3)4)46-32-15-12-14-31(29-32)30-45-37(50)20-25-54-28-27-52-5;1-3-4-16-33-44-36-37(30-13-5-6-14-31(30)43-38(36)39)45(33)20-8-7-19-40-32(15-10-21-50-23-18-35(47)48)42-29-12-9-11-28(26-29)27-41-34(46)17-22-51-25-24-49-2/h8-9,12,14-17,29H,6-7,10-11,13,18-28,30H2,1-5H3,(H2,43,47)(H,44,46)(H,45,50);5-6,9,11-14,26H,3-4,7-8,10,15-25,27H2,1-2H3,(H2,39,43)(H,40,42)(H,41,46)(H,47,48). The van der Waals surface area contributed by atoms with E-state index in [2.05, 4.69) is 66.3 Å². The van der Waals surface area contributed by atoms with Crippen LogP contribution in [0.5, 0.6) is 0 Å². The molecule has 0 spiro atoms. The molecular formula is C80H114N14O12. The largest absolute Gasteiger partial charge is 0.481 e. The van der Waals surface area contributed by atoms with Gasteiger partial charge in [0.25, 0.3) is 0 Å². The van der Waals surface area contributed by atoms with Gasteiger partial charge in [-0.25, -0.2) is 19.9 Å². The predicted octanol–water partition coefficient (Wildman–Crippen LogP) is 12.7. The van der Waals surface area contributed by atoms with Gasteiger partial charge in [-0.3, -0.25) is 29.2 Å². The summed E-state index contributed by atoms with van der Waals surface area (Å²) in [5.74, 6) is 3.40. The summed E-state index contributed by atoms with van der Waals surface area (Å²) < 4.78 is 42.1. The van der Waals surface area contributed by atoms with Crippen molar-refractivity contribution >= 4 is 102 Å². The zero-order valence-electron chi connectivity index (χ0n) is 63.4. The van der Waals surface area contributed by atoms with Gasteiger partial charge in [0.05, 0.1) is 87.8 Å². The van der Waals surface area contributed by atoms with Gasteiger partial charge in [-0.15, -0.1) is 0 Å². The third kappa shape index (κ3) is 29.6. The number of hydrogen-bond acceptors (Lipinski definition) is 19. The number of imidazole rings is 2. The van der Waals surface area contributed by atoms with Crippen LogP contribution in [0.25, 0.3) is 43.9 Å². The first-order valence-corrected chi connectivity index (χ1v) is 37.6. The van der Waals surface area contributed by atoms with E-state index in [0.29, 0.717) is 117 Å². The lowest BCUT2D eigenvalue weighted by Crippen LogP contribution is -2.24. The number of nitrogens with zero attached hydrogens (tertiary/aromatic N) is 8. The summed E-state index contributed by atoms with van der Waals surface area (Å²) in [4.78, 5) is 76.6. The second-order valence-electron chi connectivity index (χ2n) is 26.9. The number of amides is 2. The topological polar surface area (TPSA) is 339 Å². The van der Waals surface area contributed by atoms with Gasteiger partial charge >= 0.3 is 11.9 Å². The number of fused-ring (bicyclic) bond motifs is 6. The van der Waals surface area contributed by atoms with Crippen LogP contribution in [-0.4, -0.2) is 169 Å². The number of amidine groups is 2. The minimum Gasteiger partial charge on any atom is -0.481 e. The predicted molar refractivity (Wildman–Crippen MR) is 420 cm³/mol. The number of ether oxygens (including phenoxy) is 7. The molecule has 26 nitrogen and oxygen atoms in total. The summed E-state index contributed by atoms with van der Waals surface area (Å²) in [6, 6.07) is 32.0. The fourth-order valence-corrected chi connectivity index (χ4v) is 11.7. The van der Waals surface area contributed by atoms with Crippen LogP contribution < -0.4 is 32.7 Å². The van der Waals surface area contributed by atoms with Crippen molar-refractivity contribution in [3.05, 3.63) is 120 Å².